The van der Waals surface area contributed by atoms with E-state index in [2.05, 4.69) is 15.0 Å². The molecule has 1 saturated heterocycles. The van der Waals surface area contributed by atoms with Gasteiger partial charge in [0.2, 0.25) is 0 Å². The van der Waals surface area contributed by atoms with Gasteiger partial charge in [-0.3, -0.25) is 4.90 Å². The SMILES string of the molecule is CNC1CCN(Cc2ccc(OC)c(OC(F)F)c2)C1.Cl. The van der Waals surface area contributed by atoms with E-state index in [1.165, 1.54) is 7.11 Å². The van der Waals surface area contributed by atoms with E-state index in [1.807, 2.05) is 13.1 Å². The van der Waals surface area contributed by atoms with Gasteiger partial charge in [-0.25, -0.2) is 0 Å². The van der Waals surface area contributed by atoms with Gasteiger partial charge in [-0.15, -0.1) is 12.4 Å². The molecule has 1 heterocycles. The van der Waals surface area contributed by atoms with Gasteiger partial charge < -0.3 is 14.8 Å². The van der Waals surface area contributed by atoms with Crippen LogP contribution in [0.3, 0.4) is 0 Å². The maximum Gasteiger partial charge on any atom is 0.387 e. The van der Waals surface area contributed by atoms with E-state index in [-0.39, 0.29) is 18.2 Å². The Morgan fingerprint density at radius 1 is 1.38 bits per heavy atom. The molecule has 1 aromatic rings. The molecule has 0 spiro atoms. The fourth-order valence-corrected chi connectivity index (χ4v) is 2.48. The van der Waals surface area contributed by atoms with Gasteiger partial charge in [0.1, 0.15) is 0 Å². The Hall–Kier alpha value is -1.11. The molecule has 0 radical (unpaired) electrons. The van der Waals surface area contributed by atoms with E-state index in [0.29, 0.717) is 11.8 Å². The molecule has 0 aromatic heterocycles. The Morgan fingerprint density at radius 3 is 2.71 bits per heavy atom. The Morgan fingerprint density at radius 2 is 2.14 bits per heavy atom. The molecule has 7 heteroatoms. The lowest BCUT2D eigenvalue weighted by molar-refractivity contribution is -0.0512. The molecule has 1 aromatic carbocycles. The summed E-state index contributed by atoms with van der Waals surface area (Å²) in [7, 11) is 3.39. The highest BCUT2D eigenvalue weighted by molar-refractivity contribution is 5.85. The van der Waals surface area contributed by atoms with Crippen molar-refractivity contribution < 1.29 is 18.3 Å². The first-order valence-electron chi connectivity index (χ1n) is 6.63. The fraction of sp³-hybridized carbons (Fsp3) is 0.571. The molecule has 0 aliphatic carbocycles. The number of likely N-dealkylation sites (N-methyl/N-ethyl adjacent to an activating group) is 1. The highest BCUT2D eigenvalue weighted by Crippen LogP contribution is 2.30. The summed E-state index contributed by atoms with van der Waals surface area (Å²) in [5.74, 6) is 0.410. The van der Waals surface area contributed by atoms with E-state index in [4.69, 9.17) is 4.74 Å². The van der Waals surface area contributed by atoms with Crippen LogP contribution in [0.2, 0.25) is 0 Å². The summed E-state index contributed by atoms with van der Waals surface area (Å²) in [5, 5.41) is 3.25. The first-order chi connectivity index (χ1) is 9.62. The zero-order chi connectivity index (χ0) is 14.5. The van der Waals surface area contributed by atoms with Crippen molar-refractivity contribution in [1.82, 2.24) is 10.2 Å². The van der Waals surface area contributed by atoms with Crippen LogP contribution in [0.25, 0.3) is 0 Å². The summed E-state index contributed by atoms with van der Waals surface area (Å²) in [6.45, 7) is -0.155. The minimum Gasteiger partial charge on any atom is -0.493 e. The van der Waals surface area contributed by atoms with Crippen LogP contribution in [-0.4, -0.2) is 44.8 Å². The predicted molar refractivity (Wildman–Crippen MR) is 79.6 cm³/mol. The number of ether oxygens (including phenoxy) is 2. The van der Waals surface area contributed by atoms with Crippen LogP contribution in [0.1, 0.15) is 12.0 Å². The zero-order valence-corrected chi connectivity index (χ0v) is 13.0. The molecule has 1 fully saturated rings. The summed E-state index contributed by atoms with van der Waals surface area (Å²) in [6, 6.07) is 5.67. The van der Waals surface area contributed by atoms with Gasteiger partial charge in [0.05, 0.1) is 7.11 Å². The molecule has 1 aliphatic rings. The lowest BCUT2D eigenvalue weighted by Crippen LogP contribution is -2.29. The quantitative estimate of drug-likeness (QED) is 0.872. The van der Waals surface area contributed by atoms with E-state index >= 15 is 0 Å². The van der Waals surface area contributed by atoms with Crippen LogP contribution >= 0.6 is 12.4 Å². The van der Waals surface area contributed by atoms with Gasteiger partial charge in [0.15, 0.2) is 11.5 Å². The van der Waals surface area contributed by atoms with Crippen LogP contribution in [0.5, 0.6) is 11.5 Å². The third kappa shape index (κ3) is 4.98. The molecule has 0 bridgehead atoms. The standard InChI is InChI=1S/C14H20F2N2O2.ClH/c1-17-11-5-6-18(9-11)8-10-3-4-12(19-2)13(7-10)20-14(15)16;/h3-4,7,11,14,17H,5-6,8-9H2,1-2H3;1H. The first-order valence-corrected chi connectivity index (χ1v) is 6.63. The molecule has 1 N–H and O–H groups in total. The number of hydrogen-bond donors (Lipinski definition) is 1. The van der Waals surface area contributed by atoms with Crippen LogP contribution in [-0.2, 0) is 6.54 Å². The highest BCUT2D eigenvalue weighted by Gasteiger charge is 2.21. The van der Waals surface area contributed by atoms with Crippen molar-refractivity contribution in [2.24, 2.45) is 0 Å². The molecule has 120 valence electrons. The summed E-state index contributed by atoms with van der Waals surface area (Å²) >= 11 is 0. The topological polar surface area (TPSA) is 33.7 Å². The number of nitrogens with one attached hydrogen (secondary N) is 1. The van der Waals surface area contributed by atoms with Crippen molar-refractivity contribution in [2.75, 3.05) is 27.2 Å². The average Bonchev–Trinajstić information content (AvgIpc) is 2.86. The third-order valence-corrected chi connectivity index (χ3v) is 3.53. The minimum absolute atomic E-state index is 0. The Balaban J connectivity index is 0.00000220. The second kappa shape index (κ2) is 8.36. The van der Waals surface area contributed by atoms with Crippen molar-refractivity contribution in [3.63, 3.8) is 0 Å². The Labute approximate surface area is 129 Å². The minimum atomic E-state index is -2.85. The second-order valence-corrected chi connectivity index (χ2v) is 4.87. The molecule has 4 nitrogen and oxygen atoms in total. The number of benzene rings is 1. The monoisotopic (exact) mass is 322 g/mol. The van der Waals surface area contributed by atoms with Gasteiger partial charge in [-0.05, 0) is 31.2 Å². The number of rotatable bonds is 6. The summed E-state index contributed by atoms with van der Waals surface area (Å²) in [5.41, 5.74) is 0.943. The number of halogens is 3. The maximum atomic E-state index is 12.4. The van der Waals surface area contributed by atoms with Gasteiger partial charge in [-0.1, -0.05) is 6.07 Å². The van der Waals surface area contributed by atoms with Crippen LogP contribution in [0.15, 0.2) is 18.2 Å². The van der Waals surface area contributed by atoms with Crippen LogP contribution in [0, 0.1) is 0 Å². The van der Waals surface area contributed by atoms with E-state index in [1.54, 1.807) is 12.1 Å². The Bertz CT molecular complexity index is 449. The number of hydrogen-bond acceptors (Lipinski definition) is 4. The van der Waals surface area contributed by atoms with Crippen molar-refractivity contribution >= 4 is 12.4 Å². The normalized spacial score (nSPS) is 18.6. The Kier molecular flexibility index (Phi) is 7.14. The fourth-order valence-electron chi connectivity index (χ4n) is 2.48. The van der Waals surface area contributed by atoms with Gasteiger partial charge in [0.25, 0.3) is 0 Å². The molecule has 21 heavy (non-hydrogen) atoms. The predicted octanol–water partition coefficient (Wildman–Crippen LogP) is 2.51. The molecule has 1 aliphatic heterocycles. The number of alkyl halides is 2. The van der Waals surface area contributed by atoms with Crippen molar-refractivity contribution in [2.45, 2.75) is 25.6 Å². The number of methoxy groups -OCH3 is 1. The van der Waals surface area contributed by atoms with Gasteiger partial charge in [-0.2, -0.15) is 8.78 Å². The van der Waals surface area contributed by atoms with Crippen molar-refractivity contribution in [3.05, 3.63) is 23.8 Å². The molecule has 1 atom stereocenters. The molecule has 2 rings (SSSR count). The molecular weight excluding hydrogens is 302 g/mol. The second-order valence-electron chi connectivity index (χ2n) is 4.87. The van der Waals surface area contributed by atoms with Crippen molar-refractivity contribution in [1.29, 1.82) is 0 Å². The average molecular weight is 323 g/mol. The summed E-state index contributed by atoms with van der Waals surface area (Å²) < 4.78 is 34.3. The maximum absolute atomic E-state index is 12.4. The van der Waals surface area contributed by atoms with Crippen molar-refractivity contribution in [3.8, 4) is 11.5 Å². The lowest BCUT2D eigenvalue weighted by atomic mass is 10.2. The van der Waals surface area contributed by atoms with E-state index in [9.17, 15) is 8.78 Å². The zero-order valence-electron chi connectivity index (χ0n) is 12.1. The molecule has 1 unspecified atom stereocenters. The largest absolute Gasteiger partial charge is 0.493 e. The van der Waals surface area contributed by atoms with E-state index in [0.717, 1.165) is 31.6 Å². The van der Waals surface area contributed by atoms with Gasteiger partial charge >= 0.3 is 6.61 Å². The van der Waals surface area contributed by atoms with Crippen LogP contribution in [0.4, 0.5) is 8.78 Å². The molecule has 0 amide bonds. The lowest BCUT2D eigenvalue weighted by Gasteiger charge is -2.17. The molecule has 0 saturated carbocycles. The summed E-state index contributed by atoms with van der Waals surface area (Å²) in [4.78, 5) is 2.29. The van der Waals surface area contributed by atoms with Gasteiger partial charge in [0, 0.05) is 25.7 Å². The highest BCUT2D eigenvalue weighted by atomic mass is 35.5. The number of likely N-dealkylation sites (tertiary alicyclic amines) is 1. The van der Waals surface area contributed by atoms with Crippen LogP contribution < -0.4 is 14.8 Å². The number of nitrogens with zero attached hydrogens (tertiary/aromatic N) is 1. The summed E-state index contributed by atoms with van der Waals surface area (Å²) in [6.07, 6.45) is 1.10. The first kappa shape index (κ1) is 17.9. The smallest absolute Gasteiger partial charge is 0.387 e. The van der Waals surface area contributed by atoms with E-state index < -0.39 is 6.61 Å². The third-order valence-electron chi connectivity index (χ3n) is 3.53. The molecular formula is C14H21ClF2N2O2.